The molecule has 0 heterocycles. The maximum atomic E-state index is 10.7. The highest BCUT2D eigenvalue weighted by Gasteiger charge is 2.06. The van der Waals surface area contributed by atoms with Crippen molar-refractivity contribution in [3.8, 4) is 0 Å². The molecular weight excluding hydrogens is 172 g/mol. The van der Waals surface area contributed by atoms with Gasteiger partial charge in [-0.25, -0.2) is 0 Å². The predicted octanol–water partition coefficient (Wildman–Crippen LogP) is 3.20. The maximum absolute atomic E-state index is 10.7. The lowest BCUT2D eigenvalue weighted by Gasteiger charge is -2.10. The van der Waals surface area contributed by atoms with E-state index in [4.69, 9.17) is 11.6 Å². The molecule has 0 radical (unpaired) electrons. The number of hydrogen-bond acceptors (Lipinski definition) is 1. The molecule has 0 N–H and O–H groups in total. The van der Waals surface area contributed by atoms with E-state index in [-0.39, 0.29) is 5.78 Å². The van der Waals surface area contributed by atoms with Crippen molar-refractivity contribution in [2.24, 2.45) is 0 Å². The molecule has 1 rings (SSSR count). The number of allylic oxidation sites excluding steroid dienone is 4. The second-order valence-corrected chi connectivity index (χ2v) is 3.49. The smallest absolute Gasteiger partial charge is 0.154 e. The van der Waals surface area contributed by atoms with E-state index >= 15 is 0 Å². The van der Waals surface area contributed by atoms with Crippen LogP contribution in [0.2, 0.25) is 0 Å². The fourth-order valence-electron chi connectivity index (χ4n) is 1.33. The van der Waals surface area contributed by atoms with Crippen LogP contribution in [0.25, 0.3) is 0 Å². The highest BCUT2D eigenvalue weighted by Crippen LogP contribution is 2.25. The van der Waals surface area contributed by atoms with E-state index in [9.17, 15) is 4.79 Å². The molecule has 0 fully saturated rings. The molecule has 2 heteroatoms. The summed E-state index contributed by atoms with van der Waals surface area (Å²) in [5.41, 5.74) is 1.14. The molecule has 0 aliphatic heterocycles. The Morgan fingerprint density at radius 1 is 1.58 bits per heavy atom. The zero-order chi connectivity index (χ0) is 8.97. The predicted molar refractivity (Wildman–Crippen MR) is 51.2 cm³/mol. The fourth-order valence-corrected chi connectivity index (χ4v) is 1.65. The first-order valence-corrected chi connectivity index (χ1v) is 4.65. The lowest BCUT2D eigenvalue weighted by Crippen LogP contribution is -1.93. The quantitative estimate of drug-likeness (QED) is 0.603. The van der Waals surface area contributed by atoms with Crippen molar-refractivity contribution >= 4 is 17.4 Å². The summed E-state index contributed by atoms with van der Waals surface area (Å²) in [6, 6.07) is 0. The Morgan fingerprint density at radius 3 is 2.83 bits per heavy atom. The highest BCUT2D eigenvalue weighted by molar-refractivity contribution is 6.33. The molecule has 0 spiro atoms. The molecule has 0 unspecified atom stereocenters. The van der Waals surface area contributed by atoms with Crippen LogP contribution in [0.4, 0.5) is 0 Å². The van der Waals surface area contributed by atoms with Crippen LogP contribution in [0.1, 0.15) is 32.6 Å². The van der Waals surface area contributed by atoms with Crippen LogP contribution in [-0.2, 0) is 4.79 Å². The van der Waals surface area contributed by atoms with Crippen LogP contribution in [0.15, 0.2) is 22.8 Å². The molecule has 1 aliphatic carbocycles. The van der Waals surface area contributed by atoms with Gasteiger partial charge in [0.1, 0.15) is 0 Å². The molecule has 0 amide bonds. The van der Waals surface area contributed by atoms with Gasteiger partial charge in [0.05, 0.1) is 0 Å². The molecule has 0 saturated heterocycles. The van der Waals surface area contributed by atoms with Crippen molar-refractivity contribution in [1.29, 1.82) is 0 Å². The van der Waals surface area contributed by atoms with E-state index in [0.29, 0.717) is 5.03 Å². The van der Waals surface area contributed by atoms with Crippen molar-refractivity contribution < 1.29 is 4.79 Å². The van der Waals surface area contributed by atoms with Crippen molar-refractivity contribution in [1.82, 2.24) is 0 Å². The Bertz CT molecular complexity index is 238. The molecular formula is C10H13ClO. The summed E-state index contributed by atoms with van der Waals surface area (Å²) in [5.74, 6) is 0.0199. The summed E-state index contributed by atoms with van der Waals surface area (Å²) in [5, 5.41) is 0.627. The van der Waals surface area contributed by atoms with Crippen LogP contribution in [0.5, 0.6) is 0 Å². The van der Waals surface area contributed by atoms with Gasteiger partial charge >= 0.3 is 0 Å². The fraction of sp³-hybridized carbons (Fsp3) is 0.500. The number of ketones is 1. The van der Waals surface area contributed by atoms with Crippen LogP contribution >= 0.6 is 11.6 Å². The van der Waals surface area contributed by atoms with E-state index in [1.54, 1.807) is 0 Å². The van der Waals surface area contributed by atoms with Gasteiger partial charge in [-0.05, 0) is 44.3 Å². The van der Waals surface area contributed by atoms with Crippen molar-refractivity contribution in [2.75, 3.05) is 0 Å². The highest BCUT2D eigenvalue weighted by atomic mass is 35.5. The van der Waals surface area contributed by atoms with Gasteiger partial charge in [0.25, 0.3) is 0 Å². The van der Waals surface area contributed by atoms with E-state index in [0.717, 1.165) is 18.4 Å². The van der Waals surface area contributed by atoms with Gasteiger partial charge in [0, 0.05) is 5.03 Å². The molecule has 1 nitrogen and oxygen atoms in total. The number of carbonyl (C=O) groups is 1. The molecule has 0 atom stereocenters. The minimum atomic E-state index is 0.0199. The minimum absolute atomic E-state index is 0.0199. The monoisotopic (exact) mass is 184 g/mol. The van der Waals surface area contributed by atoms with Gasteiger partial charge in [-0.1, -0.05) is 17.7 Å². The summed E-state index contributed by atoms with van der Waals surface area (Å²) in [6.07, 6.45) is 8.17. The van der Waals surface area contributed by atoms with Gasteiger partial charge in [0.2, 0.25) is 0 Å². The normalized spacial score (nSPS) is 18.8. The lowest BCUT2D eigenvalue weighted by molar-refractivity contribution is -0.112. The molecule has 0 aromatic heterocycles. The standard InChI is InChI=1S/C10H13ClO/c1-8(12)7-10(11)9-5-3-2-4-6-9/h5,7H,2-4,6H2,1H3/b10-7-. The molecule has 0 aromatic carbocycles. The zero-order valence-corrected chi connectivity index (χ0v) is 8.03. The average molecular weight is 185 g/mol. The van der Waals surface area contributed by atoms with Crippen molar-refractivity contribution in [2.45, 2.75) is 32.6 Å². The third-order valence-electron chi connectivity index (χ3n) is 1.93. The second kappa shape index (κ2) is 4.46. The minimum Gasteiger partial charge on any atom is -0.295 e. The summed E-state index contributed by atoms with van der Waals surface area (Å²) < 4.78 is 0. The van der Waals surface area contributed by atoms with Gasteiger partial charge in [-0.3, -0.25) is 4.79 Å². The average Bonchev–Trinajstić information content (AvgIpc) is 2.05. The van der Waals surface area contributed by atoms with Crippen molar-refractivity contribution in [3.05, 3.63) is 22.8 Å². The Labute approximate surface area is 78.1 Å². The Balaban J connectivity index is 2.68. The molecule has 0 bridgehead atoms. The number of hydrogen-bond donors (Lipinski definition) is 0. The molecule has 12 heavy (non-hydrogen) atoms. The number of rotatable bonds is 2. The van der Waals surface area contributed by atoms with E-state index in [1.165, 1.54) is 25.8 Å². The molecule has 1 aliphatic rings. The largest absolute Gasteiger partial charge is 0.295 e. The van der Waals surface area contributed by atoms with E-state index < -0.39 is 0 Å². The van der Waals surface area contributed by atoms with Gasteiger partial charge in [0.15, 0.2) is 5.78 Å². The summed E-state index contributed by atoms with van der Waals surface area (Å²) >= 11 is 5.93. The first-order chi connectivity index (χ1) is 5.70. The SMILES string of the molecule is CC(=O)/C=C(\Cl)C1=CCCCC1. The first kappa shape index (κ1) is 9.53. The zero-order valence-electron chi connectivity index (χ0n) is 7.27. The molecule has 66 valence electrons. The van der Waals surface area contributed by atoms with Crippen LogP contribution in [0.3, 0.4) is 0 Å². The Morgan fingerprint density at radius 2 is 2.33 bits per heavy atom. The van der Waals surface area contributed by atoms with Gasteiger partial charge in [-0.15, -0.1) is 0 Å². The van der Waals surface area contributed by atoms with Crippen LogP contribution < -0.4 is 0 Å². The van der Waals surface area contributed by atoms with Gasteiger partial charge < -0.3 is 0 Å². The number of carbonyl (C=O) groups excluding carboxylic acids is 1. The first-order valence-electron chi connectivity index (χ1n) is 4.27. The summed E-state index contributed by atoms with van der Waals surface area (Å²) in [4.78, 5) is 10.7. The number of halogens is 1. The Kier molecular flexibility index (Phi) is 3.54. The summed E-state index contributed by atoms with van der Waals surface area (Å²) in [6.45, 7) is 1.52. The Hall–Kier alpha value is -0.560. The lowest BCUT2D eigenvalue weighted by atomic mass is 9.99. The van der Waals surface area contributed by atoms with Crippen LogP contribution in [0, 0.1) is 0 Å². The second-order valence-electron chi connectivity index (χ2n) is 3.08. The third kappa shape index (κ3) is 2.82. The van der Waals surface area contributed by atoms with E-state index in [1.807, 2.05) is 0 Å². The maximum Gasteiger partial charge on any atom is 0.154 e. The van der Waals surface area contributed by atoms with Crippen molar-refractivity contribution in [3.63, 3.8) is 0 Å². The molecule has 0 aromatic rings. The topological polar surface area (TPSA) is 17.1 Å². The van der Waals surface area contributed by atoms with Crippen LogP contribution in [-0.4, -0.2) is 5.78 Å². The summed E-state index contributed by atoms with van der Waals surface area (Å²) in [7, 11) is 0. The molecule has 0 saturated carbocycles. The third-order valence-corrected chi connectivity index (χ3v) is 2.28. The van der Waals surface area contributed by atoms with Gasteiger partial charge in [-0.2, -0.15) is 0 Å². The van der Waals surface area contributed by atoms with E-state index in [2.05, 4.69) is 6.08 Å².